The first-order chi connectivity index (χ1) is 9.02. The van der Waals surface area contributed by atoms with Crippen molar-refractivity contribution in [3.05, 3.63) is 28.8 Å². The van der Waals surface area contributed by atoms with Crippen LogP contribution in [0.4, 0.5) is 0 Å². The summed E-state index contributed by atoms with van der Waals surface area (Å²) < 4.78 is 1.18. The molecule has 0 unspecified atom stereocenters. The van der Waals surface area contributed by atoms with Crippen molar-refractivity contribution >= 4 is 27.5 Å². The van der Waals surface area contributed by atoms with Crippen LogP contribution in [0.3, 0.4) is 0 Å². The van der Waals surface area contributed by atoms with Gasteiger partial charge in [-0.3, -0.25) is 4.79 Å². The summed E-state index contributed by atoms with van der Waals surface area (Å²) in [5.74, 6) is -0.298. The smallest absolute Gasteiger partial charge is 0.304 e. The Labute approximate surface area is 116 Å². The second-order valence-electron chi connectivity index (χ2n) is 5.71. The Hall–Kier alpha value is -1.42. The van der Waals surface area contributed by atoms with Gasteiger partial charge in [-0.05, 0) is 24.5 Å². The lowest BCUT2D eigenvalue weighted by Crippen LogP contribution is -2.13. The maximum atomic E-state index is 11.1. The van der Waals surface area contributed by atoms with Gasteiger partial charge in [0.05, 0.1) is 21.6 Å². The molecule has 1 aromatic heterocycles. The molecule has 2 aromatic rings. The molecule has 1 aromatic carbocycles. The molecule has 1 aliphatic rings. The Kier molecular flexibility index (Phi) is 2.86. The molecule has 4 heteroatoms. The molecule has 3 nitrogen and oxygen atoms in total. The van der Waals surface area contributed by atoms with E-state index in [0.717, 1.165) is 28.9 Å². The molecule has 1 aliphatic carbocycles. The summed E-state index contributed by atoms with van der Waals surface area (Å²) in [6.45, 7) is 4.28. The zero-order valence-corrected chi connectivity index (χ0v) is 12.0. The molecule has 100 valence electrons. The highest BCUT2D eigenvalue weighted by molar-refractivity contribution is 7.18. The van der Waals surface area contributed by atoms with Crippen LogP contribution in [0.5, 0.6) is 0 Å². The number of aliphatic carboxylic acids is 1. The second-order valence-corrected chi connectivity index (χ2v) is 6.77. The summed E-state index contributed by atoms with van der Waals surface area (Å²) in [4.78, 5) is 15.8. The van der Waals surface area contributed by atoms with Crippen molar-refractivity contribution < 1.29 is 9.90 Å². The summed E-state index contributed by atoms with van der Waals surface area (Å²) in [6, 6.07) is 6.17. The van der Waals surface area contributed by atoms with Crippen LogP contribution in [0.25, 0.3) is 10.2 Å². The van der Waals surface area contributed by atoms with Crippen molar-refractivity contribution in [1.29, 1.82) is 0 Å². The van der Waals surface area contributed by atoms with Crippen LogP contribution in [-0.2, 0) is 10.2 Å². The van der Waals surface area contributed by atoms with Gasteiger partial charge in [-0.25, -0.2) is 4.98 Å². The van der Waals surface area contributed by atoms with E-state index in [1.807, 2.05) is 6.07 Å². The highest BCUT2D eigenvalue weighted by Gasteiger charge is 2.47. The van der Waals surface area contributed by atoms with Crippen molar-refractivity contribution in [3.8, 4) is 0 Å². The molecular formula is C15H17NO2S. The number of carboxylic acids is 1. The third-order valence-electron chi connectivity index (χ3n) is 3.84. The third-order valence-corrected chi connectivity index (χ3v) is 5.17. The first-order valence-corrected chi connectivity index (χ1v) is 7.45. The molecule has 1 N–H and O–H groups in total. The maximum absolute atomic E-state index is 11.1. The molecule has 1 saturated carbocycles. The monoisotopic (exact) mass is 275 g/mol. The molecule has 0 spiro atoms. The van der Waals surface area contributed by atoms with Crippen LogP contribution in [0, 0.1) is 0 Å². The number of thiazole rings is 1. The van der Waals surface area contributed by atoms with E-state index in [0.29, 0.717) is 5.92 Å². The summed E-state index contributed by atoms with van der Waals surface area (Å²) in [5, 5.41) is 10.2. The minimum atomic E-state index is -0.714. The van der Waals surface area contributed by atoms with Gasteiger partial charge >= 0.3 is 5.97 Å². The lowest BCUT2D eigenvalue weighted by atomic mass is 9.91. The van der Waals surface area contributed by atoms with Gasteiger partial charge in [0.25, 0.3) is 0 Å². The van der Waals surface area contributed by atoms with Gasteiger partial charge in [-0.1, -0.05) is 26.0 Å². The minimum absolute atomic E-state index is 0.159. The van der Waals surface area contributed by atoms with Crippen molar-refractivity contribution in [2.75, 3.05) is 0 Å². The lowest BCUT2D eigenvalue weighted by molar-refractivity contribution is -0.137. The van der Waals surface area contributed by atoms with Gasteiger partial charge < -0.3 is 5.11 Å². The SMILES string of the molecule is CC(C)c1nc2c(C3(CC(=O)O)CC3)cccc2s1. The fraction of sp³-hybridized carbons (Fsp3) is 0.467. The average molecular weight is 275 g/mol. The molecule has 1 heterocycles. The molecule has 19 heavy (non-hydrogen) atoms. The Morgan fingerprint density at radius 2 is 2.21 bits per heavy atom. The Morgan fingerprint density at radius 3 is 2.79 bits per heavy atom. The molecular weight excluding hydrogens is 258 g/mol. The van der Waals surface area contributed by atoms with Crippen molar-refractivity contribution in [2.45, 2.75) is 44.4 Å². The van der Waals surface area contributed by atoms with E-state index in [4.69, 9.17) is 10.1 Å². The topological polar surface area (TPSA) is 50.2 Å². The van der Waals surface area contributed by atoms with E-state index in [1.165, 1.54) is 4.70 Å². The minimum Gasteiger partial charge on any atom is -0.481 e. The van der Waals surface area contributed by atoms with Crippen LogP contribution in [0.2, 0.25) is 0 Å². The molecule has 0 atom stereocenters. The first-order valence-electron chi connectivity index (χ1n) is 6.63. The Balaban J connectivity index is 2.11. The van der Waals surface area contributed by atoms with Gasteiger partial charge in [0.2, 0.25) is 0 Å². The fourth-order valence-electron chi connectivity index (χ4n) is 2.62. The normalized spacial score (nSPS) is 17.0. The lowest BCUT2D eigenvalue weighted by Gasteiger charge is -2.13. The van der Waals surface area contributed by atoms with Gasteiger partial charge in [0.1, 0.15) is 0 Å². The molecule has 0 bridgehead atoms. The van der Waals surface area contributed by atoms with E-state index in [-0.39, 0.29) is 11.8 Å². The summed E-state index contributed by atoms with van der Waals surface area (Å²) in [6.07, 6.45) is 2.15. The molecule has 0 radical (unpaired) electrons. The fourth-order valence-corrected chi connectivity index (χ4v) is 3.62. The van der Waals surface area contributed by atoms with E-state index in [1.54, 1.807) is 11.3 Å². The summed E-state index contributed by atoms with van der Waals surface area (Å²) in [7, 11) is 0. The summed E-state index contributed by atoms with van der Waals surface area (Å²) >= 11 is 1.72. The summed E-state index contributed by atoms with van der Waals surface area (Å²) in [5.41, 5.74) is 2.00. The molecule has 0 amide bonds. The van der Waals surface area contributed by atoms with E-state index in [9.17, 15) is 4.79 Å². The number of rotatable bonds is 4. The number of carboxylic acid groups (broad SMARTS) is 1. The zero-order chi connectivity index (χ0) is 13.6. The van der Waals surface area contributed by atoms with Gasteiger partial charge in [0.15, 0.2) is 0 Å². The van der Waals surface area contributed by atoms with E-state index in [2.05, 4.69) is 26.0 Å². The van der Waals surface area contributed by atoms with Gasteiger partial charge in [-0.2, -0.15) is 0 Å². The Bertz CT molecular complexity index is 641. The van der Waals surface area contributed by atoms with Crippen molar-refractivity contribution in [2.24, 2.45) is 0 Å². The van der Waals surface area contributed by atoms with Crippen LogP contribution in [0.1, 0.15) is 49.6 Å². The number of benzene rings is 1. The first kappa shape index (κ1) is 12.6. The van der Waals surface area contributed by atoms with E-state index < -0.39 is 5.97 Å². The number of fused-ring (bicyclic) bond motifs is 1. The predicted octanol–water partition coefficient (Wildman–Crippen LogP) is 3.93. The predicted molar refractivity (Wildman–Crippen MR) is 76.9 cm³/mol. The number of para-hydroxylation sites is 1. The van der Waals surface area contributed by atoms with Crippen LogP contribution < -0.4 is 0 Å². The van der Waals surface area contributed by atoms with E-state index >= 15 is 0 Å². The highest BCUT2D eigenvalue weighted by atomic mass is 32.1. The van der Waals surface area contributed by atoms with Crippen LogP contribution >= 0.6 is 11.3 Å². The highest BCUT2D eigenvalue weighted by Crippen LogP contribution is 2.53. The third kappa shape index (κ3) is 2.14. The van der Waals surface area contributed by atoms with Crippen molar-refractivity contribution in [1.82, 2.24) is 4.98 Å². The largest absolute Gasteiger partial charge is 0.481 e. The van der Waals surface area contributed by atoms with Crippen molar-refractivity contribution in [3.63, 3.8) is 0 Å². The molecule has 0 saturated heterocycles. The maximum Gasteiger partial charge on any atom is 0.304 e. The number of hydrogen-bond donors (Lipinski definition) is 1. The standard InChI is InChI=1S/C15H17NO2S/c1-9(2)14-16-13-10(4-3-5-11(13)19-14)15(6-7-15)8-12(17)18/h3-5,9H,6-8H2,1-2H3,(H,17,18). The van der Waals surface area contributed by atoms with Gasteiger partial charge in [0, 0.05) is 11.3 Å². The quantitative estimate of drug-likeness (QED) is 0.919. The molecule has 3 rings (SSSR count). The second kappa shape index (κ2) is 4.30. The average Bonchev–Trinajstić information content (AvgIpc) is 2.96. The Morgan fingerprint density at radius 1 is 1.47 bits per heavy atom. The van der Waals surface area contributed by atoms with Crippen LogP contribution in [-0.4, -0.2) is 16.1 Å². The number of carbonyl (C=O) groups is 1. The van der Waals surface area contributed by atoms with Crippen LogP contribution in [0.15, 0.2) is 18.2 Å². The van der Waals surface area contributed by atoms with Gasteiger partial charge in [-0.15, -0.1) is 11.3 Å². The number of hydrogen-bond acceptors (Lipinski definition) is 3. The molecule has 0 aliphatic heterocycles. The number of nitrogens with zero attached hydrogens (tertiary/aromatic N) is 1. The molecule has 1 fully saturated rings. The number of aromatic nitrogens is 1. The zero-order valence-electron chi connectivity index (χ0n) is 11.1.